The highest BCUT2D eigenvalue weighted by molar-refractivity contribution is 7.61. The van der Waals surface area contributed by atoms with Crippen LogP contribution in [0.4, 0.5) is 5.82 Å². The van der Waals surface area contributed by atoms with Crippen molar-refractivity contribution in [3.05, 3.63) is 108 Å². The van der Waals surface area contributed by atoms with E-state index in [4.69, 9.17) is 34.1 Å². The molecule has 0 aliphatic carbocycles. The molecule has 21 heteroatoms. The van der Waals surface area contributed by atoms with Gasteiger partial charge in [-0.15, -0.1) is 0 Å². The van der Waals surface area contributed by atoms with Crippen molar-refractivity contribution in [2.45, 2.75) is 198 Å². The van der Waals surface area contributed by atoms with Crippen molar-refractivity contribution in [1.82, 2.24) is 9.55 Å². The summed E-state index contributed by atoms with van der Waals surface area (Å²) in [6, 6.07) is 1.24. The predicted molar refractivity (Wildman–Crippen MR) is 294 cm³/mol. The van der Waals surface area contributed by atoms with Gasteiger partial charge in [0.15, 0.2) is 12.3 Å². The van der Waals surface area contributed by atoms with Crippen molar-refractivity contribution < 1.29 is 71.4 Å². The molecule has 0 bridgehead atoms. The summed E-state index contributed by atoms with van der Waals surface area (Å²) in [5, 5.41) is 29.8. The van der Waals surface area contributed by atoms with Gasteiger partial charge in [0.1, 0.15) is 30.7 Å². The Morgan fingerprint density at radius 1 is 0.658 bits per heavy atom. The molecule has 7 atom stereocenters. The molecule has 0 radical (unpaired) electrons. The van der Waals surface area contributed by atoms with Crippen molar-refractivity contribution in [2.24, 2.45) is 0 Å². The van der Waals surface area contributed by atoms with E-state index in [0.29, 0.717) is 19.3 Å². The number of aliphatic hydroxyl groups excluding tert-OH is 3. The number of nitrogens with two attached hydrogens (primary N) is 1. The number of rotatable bonds is 45. The minimum absolute atomic E-state index is 0.0140. The number of nitrogens with zero attached hydrogens (tertiary/aromatic N) is 2. The highest BCUT2D eigenvalue weighted by Gasteiger charge is 2.46. The van der Waals surface area contributed by atoms with E-state index in [1.54, 1.807) is 0 Å². The van der Waals surface area contributed by atoms with Gasteiger partial charge < -0.3 is 45.1 Å². The predicted octanol–water partition coefficient (Wildman–Crippen LogP) is 10.8. The second kappa shape index (κ2) is 42.9. The normalized spacial score (nSPS) is 19.3. The van der Waals surface area contributed by atoms with Crippen molar-refractivity contribution >= 4 is 33.4 Å². The number of unbranched alkanes of at least 4 members (excludes halogenated alkanes) is 14. The van der Waals surface area contributed by atoms with Gasteiger partial charge in [0.05, 0.1) is 13.2 Å². The second-order valence-electron chi connectivity index (χ2n) is 18.4. The number of hydrogen-bond donors (Lipinski definition) is 6. The van der Waals surface area contributed by atoms with Gasteiger partial charge in [-0.2, -0.15) is 9.29 Å². The standard InChI is InChI=1S/C55H89N3O16P2/c1-2-3-4-5-6-7-8-9-10-11-12-13-15-19-22-25-28-31-34-37-40-51(61)72-47(44-69-50(60)39-36-33-30-27-24-21-18-16-14-17-20-23-26-29-32-35-38-43-59)45-70-75(65,66)74-76(67,68)71-46-48-52(62)53(63)54(73-48)58-42-41-49(56)57-55(58)64/h7-8,10-11,13-15,17-18,21,23,26-27,30,41-42,47-48,52-54,59,62-63H,2-6,9,12,16,19-20,22,24-25,28-29,31-40,43-46H2,1H3,(H,65,66)(H,67,68)(H2,56,57,64)/b8-7-,11-10-,15-13-,17-14-,21-18-,26-23-,30-27-/t47-,48-,52-,53-,54-/m1/s1. The first kappa shape index (κ1) is 68.0. The molecule has 0 aromatic carbocycles. The molecule has 76 heavy (non-hydrogen) atoms. The van der Waals surface area contributed by atoms with Crippen molar-refractivity contribution in [2.75, 3.05) is 32.2 Å². The average Bonchev–Trinajstić information content (AvgIpc) is 3.66. The highest BCUT2D eigenvalue weighted by atomic mass is 31.3. The molecule has 0 saturated carbocycles. The monoisotopic (exact) mass is 1110 g/mol. The van der Waals surface area contributed by atoms with E-state index < -0.39 is 83.7 Å². The van der Waals surface area contributed by atoms with Crippen LogP contribution in [0.15, 0.2) is 102 Å². The molecule has 430 valence electrons. The van der Waals surface area contributed by atoms with E-state index in [1.165, 1.54) is 31.7 Å². The third-order valence-electron chi connectivity index (χ3n) is 11.8. The Hall–Kier alpha value is -4.10. The Balaban J connectivity index is 1.81. The van der Waals surface area contributed by atoms with Gasteiger partial charge in [-0.05, 0) is 102 Å². The molecule has 1 aliphatic heterocycles. The summed E-state index contributed by atoms with van der Waals surface area (Å²) in [7, 11) is -10.9. The Kier molecular flexibility index (Phi) is 38.4. The topological polar surface area (TPSA) is 286 Å². The van der Waals surface area contributed by atoms with E-state index in [9.17, 15) is 43.5 Å². The fourth-order valence-corrected chi connectivity index (χ4v) is 9.64. The smallest absolute Gasteiger partial charge is 0.462 e. The first-order valence-corrected chi connectivity index (χ1v) is 30.2. The molecule has 19 nitrogen and oxygen atoms in total. The number of esters is 2. The molecule has 2 unspecified atom stereocenters. The lowest BCUT2D eigenvalue weighted by molar-refractivity contribution is -0.161. The zero-order chi connectivity index (χ0) is 55.5. The molecule has 2 rings (SSSR count). The SMILES string of the molecule is CCCCCC/C=C\C/C=C\C/C=C\CCCCCCCCC(=O)O[C@H](COC(=O)CCC/C=C\C/C=C\C/C=C\C/C=C\CCCCCO)COP(=O)(O)OP(=O)(O)OC[C@H]1O[C@@H](n2ccc(N)nc2=O)[C@H](O)[C@@H]1O. The molecule has 0 spiro atoms. The van der Waals surface area contributed by atoms with Crippen molar-refractivity contribution in [1.29, 1.82) is 0 Å². The minimum atomic E-state index is -5.45. The molecule has 1 aliphatic rings. The zero-order valence-corrected chi connectivity index (χ0v) is 46.5. The number of anilines is 1. The third-order valence-corrected chi connectivity index (χ3v) is 14.4. The maximum absolute atomic E-state index is 12.9. The van der Waals surface area contributed by atoms with Crippen LogP contribution in [0.5, 0.6) is 0 Å². The lowest BCUT2D eigenvalue weighted by atomic mass is 10.1. The number of aliphatic hydroxyl groups is 3. The quantitative estimate of drug-likeness (QED) is 0.0153. The molecule has 1 fully saturated rings. The number of hydrogen-bond acceptors (Lipinski definition) is 16. The second-order valence-corrected chi connectivity index (χ2v) is 21.5. The van der Waals surface area contributed by atoms with E-state index in [-0.39, 0.29) is 25.3 Å². The molecule has 0 amide bonds. The van der Waals surface area contributed by atoms with Crippen LogP contribution in [0.25, 0.3) is 0 Å². The molecule has 2 heterocycles. The van der Waals surface area contributed by atoms with Gasteiger partial charge >= 0.3 is 33.3 Å². The van der Waals surface area contributed by atoms with Crippen LogP contribution < -0.4 is 11.4 Å². The molecule has 1 aromatic rings. The van der Waals surface area contributed by atoms with E-state index in [2.05, 4.69) is 89.1 Å². The lowest BCUT2D eigenvalue weighted by Gasteiger charge is -2.21. The first-order valence-electron chi connectivity index (χ1n) is 27.2. The first-order chi connectivity index (χ1) is 36.7. The number of carbonyl (C=O) groups is 2. The van der Waals surface area contributed by atoms with Gasteiger partial charge in [0, 0.05) is 25.6 Å². The maximum atomic E-state index is 12.9. The van der Waals surface area contributed by atoms with Gasteiger partial charge in [-0.1, -0.05) is 143 Å². The number of nitrogen functional groups attached to an aromatic ring is 1. The fourth-order valence-electron chi connectivity index (χ4n) is 7.53. The largest absolute Gasteiger partial charge is 0.481 e. The number of aromatic nitrogens is 2. The summed E-state index contributed by atoms with van der Waals surface area (Å²) in [4.78, 5) is 62.0. The van der Waals surface area contributed by atoms with Crippen LogP contribution in [0.1, 0.15) is 174 Å². The fraction of sp³-hybridized carbons (Fsp3) is 0.636. The van der Waals surface area contributed by atoms with Gasteiger partial charge in [-0.25, -0.2) is 13.9 Å². The van der Waals surface area contributed by atoms with Crippen LogP contribution in [-0.4, -0.2) is 97.4 Å². The summed E-state index contributed by atoms with van der Waals surface area (Å²) in [5.41, 5.74) is 4.58. The Morgan fingerprint density at radius 3 is 1.67 bits per heavy atom. The van der Waals surface area contributed by atoms with Gasteiger partial charge in [-0.3, -0.25) is 23.2 Å². The van der Waals surface area contributed by atoms with Crippen molar-refractivity contribution in [3.8, 4) is 0 Å². The summed E-state index contributed by atoms with van der Waals surface area (Å²) >= 11 is 0. The summed E-state index contributed by atoms with van der Waals surface area (Å²) in [5.74, 6) is -1.40. The number of ether oxygens (including phenoxy) is 3. The van der Waals surface area contributed by atoms with E-state index in [1.807, 2.05) is 12.2 Å². The van der Waals surface area contributed by atoms with E-state index >= 15 is 0 Å². The number of allylic oxidation sites excluding steroid dienone is 14. The molecular weight excluding hydrogens is 1020 g/mol. The summed E-state index contributed by atoms with van der Waals surface area (Å²) in [6.45, 7) is 0.0777. The highest BCUT2D eigenvalue weighted by Crippen LogP contribution is 2.60. The average molecular weight is 1110 g/mol. The van der Waals surface area contributed by atoms with Crippen molar-refractivity contribution in [3.63, 3.8) is 0 Å². The van der Waals surface area contributed by atoms with E-state index in [0.717, 1.165) is 113 Å². The van der Waals surface area contributed by atoms with Crippen LogP contribution in [0.3, 0.4) is 0 Å². The van der Waals surface area contributed by atoms with Crippen LogP contribution >= 0.6 is 15.6 Å². The number of carbonyl (C=O) groups excluding carboxylic acids is 2. The molecular formula is C55H89N3O16P2. The summed E-state index contributed by atoms with van der Waals surface area (Å²) in [6.07, 6.45) is 45.2. The van der Waals surface area contributed by atoms with Crippen LogP contribution in [-0.2, 0) is 46.3 Å². The Bertz CT molecular complexity index is 2110. The zero-order valence-electron chi connectivity index (χ0n) is 44.7. The summed E-state index contributed by atoms with van der Waals surface area (Å²) < 4.78 is 56.8. The number of phosphoric acid groups is 2. The van der Waals surface area contributed by atoms with Gasteiger partial charge in [0.25, 0.3) is 0 Å². The van der Waals surface area contributed by atoms with Gasteiger partial charge in [0.2, 0.25) is 0 Å². The Labute approximate surface area is 450 Å². The molecule has 7 N–H and O–H groups in total. The van der Waals surface area contributed by atoms with Crippen LogP contribution in [0.2, 0.25) is 0 Å². The molecule has 1 aromatic heterocycles. The molecule has 1 saturated heterocycles. The lowest BCUT2D eigenvalue weighted by Crippen LogP contribution is -2.36. The van der Waals surface area contributed by atoms with Crippen LogP contribution in [0, 0.1) is 0 Å². The third kappa shape index (κ3) is 34.6. The number of phosphoric ester groups is 2. The Morgan fingerprint density at radius 2 is 1.13 bits per heavy atom. The minimum Gasteiger partial charge on any atom is -0.462 e. The maximum Gasteiger partial charge on any atom is 0.481 e.